The van der Waals surface area contributed by atoms with Crippen LogP contribution in [0.3, 0.4) is 0 Å². The first-order chi connectivity index (χ1) is 6.25. The molecule has 0 aromatic carbocycles. The van der Waals surface area contributed by atoms with Crippen molar-refractivity contribution in [3.63, 3.8) is 0 Å². The summed E-state index contributed by atoms with van der Waals surface area (Å²) in [6.07, 6.45) is 2.80. The number of aryl methyl sites for hydroxylation is 1. The van der Waals surface area contributed by atoms with Crippen LogP contribution in [0, 0.1) is 12.8 Å². The Morgan fingerprint density at radius 3 is 2.85 bits per heavy atom. The Labute approximate surface area is 79.3 Å². The Kier molecular flexibility index (Phi) is 2.40. The van der Waals surface area contributed by atoms with E-state index < -0.39 is 0 Å². The van der Waals surface area contributed by atoms with Crippen molar-refractivity contribution >= 4 is 0 Å². The molecule has 1 heterocycles. The van der Waals surface area contributed by atoms with Crippen LogP contribution in [-0.4, -0.2) is 6.54 Å². The Morgan fingerprint density at radius 2 is 2.31 bits per heavy atom. The summed E-state index contributed by atoms with van der Waals surface area (Å²) in [7, 11) is 0. The fraction of sp³-hybridized carbons (Fsp3) is 0.636. The van der Waals surface area contributed by atoms with Gasteiger partial charge in [-0.15, -0.1) is 0 Å². The second-order valence-electron chi connectivity index (χ2n) is 4.02. The van der Waals surface area contributed by atoms with Crippen LogP contribution < -0.4 is 5.32 Å². The fourth-order valence-corrected chi connectivity index (χ4v) is 1.45. The summed E-state index contributed by atoms with van der Waals surface area (Å²) in [5, 5.41) is 3.48. The van der Waals surface area contributed by atoms with Gasteiger partial charge >= 0.3 is 0 Å². The van der Waals surface area contributed by atoms with Gasteiger partial charge in [-0.3, -0.25) is 0 Å². The van der Waals surface area contributed by atoms with E-state index in [-0.39, 0.29) is 0 Å². The lowest BCUT2D eigenvalue weighted by molar-refractivity contribution is 0.412. The summed E-state index contributed by atoms with van der Waals surface area (Å²) in [5.74, 6) is 2.98. The van der Waals surface area contributed by atoms with Crippen molar-refractivity contribution in [3.8, 4) is 0 Å². The molecule has 72 valence electrons. The molecule has 0 aliphatic heterocycles. The van der Waals surface area contributed by atoms with Gasteiger partial charge in [-0.25, -0.2) is 0 Å². The van der Waals surface area contributed by atoms with Crippen molar-refractivity contribution in [2.75, 3.05) is 6.54 Å². The average molecular weight is 179 g/mol. The molecular formula is C11H17NO. The second kappa shape index (κ2) is 3.54. The lowest BCUT2D eigenvalue weighted by Crippen LogP contribution is -2.20. The van der Waals surface area contributed by atoms with Crippen LogP contribution >= 0.6 is 0 Å². The number of rotatable bonds is 4. The Balaban J connectivity index is 1.84. The van der Waals surface area contributed by atoms with Crippen LogP contribution in [0.25, 0.3) is 0 Å². The van der Waals surface area contributed by atoms with E-state index in [1.54, 1.807) is 0 Å². The third kappa shape index (κ3) is 2.34. The third-order valence-corrected chi connectivity index (χ3v) is 2.60. The molecule has 1 saturated carbocycles. The number of furan rings is 1. The Bertz CT molecular complexity index is 275. The first-order valence-electron chi connectivity index (χ1n) is 5.05. The smallest absolute Gasteiger partial charge is 0.120 e. The topological polar surface area (TPSA) is 25.2 Å². The highest BCUT2D eigenvalue weighted by Gasteiger charge is 2.22. The van der Waals surface area contributed by atoms with Crippen LogP contribution in [0.5, 0.6) is 0 Å². The molecule has 0 saturated heterocycles. The van der Waals surface area contributed by atoms with E-state index in [2.05, 4.69) is 18.3 Å². The molecule has 1 aromatic rings. The van der Waals surface area contributed by atoms with Gasteiger partial charge in [0, 0.05) is 0 Å². The van der Waals surface area contributed by atoms with Crippen LogP contribution in [0.4, 0.5) is 0 Å². The van der Waals surface area contributed by atoms with E-state index in [0.717, 1.165) is 24.0 Å². The maximum absolute atomic E-state index is 5.54. The summed E-state index contributed by atoms with van der Waals surface area (Å²) in [6, 6.07) is 4.43. The monoisotopic (exact) mass is 179 g/mol. The third-order valence-electron chi connectivity index (χ3n) is 2.60. The van der Waals surface area contributed by atoms with Gasteiger partial charge in [-0.2, -0.15) is 0 Å². The van der Waals surface area contributed by atoms with E-state index in [4.69, 9.17) is 4.42 Å². The zero-order chi connectivity index (χ0) is 9.26. The molecular weight excluding hydrogens is 162 g/mol. The summed E-state index contributed by atoms with van der Waals surface area (Å²) in [5.41, 5.74) is 0. The minimum Gasteiger partial charge on any atom is -0.465 e. The SMILES string of the molecule is Cc1ccc([C@H](C)NCC2CC2)o1. The molecule has 1 atom stereocenters. The minimum atomic E-state index is 0.356. The maximum Gasteiger partial charge on any atom is 0.120 e. The van der Waals surface area contributed by atoms with Gasteiger partial charge in [-0.05, 0) is 51.3 Å². The van der Waals surface area contributed by atoms with E-state index in [1.807, 2.05) is 13.0 Å². The van der Waals surface area contributed by atoms with Crippen LogP contribution in [0.1, 0.15) is 37.3 Å². The first kappa shape index (κ1) is 8.82. The van der Waals surface area contributed by atoms with Gasteiger partial charge < -0.3 is 9.73 Å². The highest BCUT2D eigenvalue weighted by molar-refractivity contribution is 5.08. The molecule has 1 fully saturated rings. The molecule has 2 rings (SSSR count). The second-order valence-corrected chi connectivity index (χ2v) is 4.02. The highest BCUT2D eigenvalue weighted by Crippen LogP contribution is 2.28. The minimum absolute atomic E-state index is 0.356. The average Bonchev–Trinajstić information content (AvgIpc) is 2.84. The lowest BCUT2D eigenvalue weighted by Gasteiger charge is -2.10. The van der Waals surface area contributed by atoms with Gasteiger partial charge in [0.1, 0.15) is 11.5 Å². The zero-order valence-corrected chi connectivity index (χ0v) is 8.34. The summed E-state index contributed by atoms with van der Waals surface area (Å²) >= 11 is 0. The van der Waals surface area contributed by atoms with Crippen LogP contribution in [0.15, 0.2) is 16.5 Å². The standard InChI is InChI=1S/C11H17NO/c1-8-3-6-11(13-8)9(2)12-7-10-4-5-10/h3,6,9-10,12H,4-5,7H2,1-2H3/t9-/m0/s1. The van der Waals surface area contributed by atoms with Gasteiger partial charge in [-0.1, -0.05) is 0 Å². The number of hydrogen-bond donors (Lipinski definition) is 1. The molecule has 0 amide bonds. The normalized spacial score (nSPS) is 18.9. The molecule has 1 aromatic heterocycles. The molecule has 0 spiro atoms. The molecule has 0 radical (unpaired) electrons. The predicted octanol–water partition coefficient (Wildman–Crippen LogP) is 2.65. The van der Waals surface area contributed by atoms with Crippen molar-refractivity contribution in [1.29, 1.82) is 0 Å². The molecule has 1 aliphatic rings. The van der Waals surface area contributed by atoms with Gasteiger partial charge in [0.15, 0.2) is 0 Å². The van der Waals surface area contributed by atoms with Gasteiger partial charge in [0.2, 0.25) is 0 Å². The van der Waals surface area contributed by atoms with Crippen molar-refractivity contribution < 1.29 is 4.42 Å². The Morgan fingerprint density at radius 1 is 1.54 bits per heavy atom. The summed E-state index contributed by atoms with van der Waals surface area (Å²) in [6.45, 7) is 5.28. The van der Waals surface area contributed by atoms with Crippen molar-refractivity contribution in [2.45, 2.75) is 32.7 Å². The highest BCUT2D eigenvalue weighted by atomic mass is 16.3. The molecule has 13 heavy (non-hydrogen) atoms. The lowest BCUT2D eigenvalue weighted by atomic mass is 10.2. The van der Waals surface area contributed by atoms with Crippen molar-refractivity contribution in [1.82, 2.24) is 5.32 Å². The molecule has 2 nitrogen and oxygen atoms in total. The molecule has 1 aliphatic carbocycles. The van der Waals surface area contributed by atoms with E-state index >= 15 is 0 Å². The van der Waals surface area contributed by atoms with E-state index in [1.165, 1.54) is 12.8 Å². The first-order valence-corrected chi connectivity index (χ1v) is 5.05. The zero-order valence-electron chi connectivity index (χ0n) is 8.34. The van der Waals surface area contributed by atoms with E-state index in [0.29, 0.717) is 6.04 Å². The van der Waals surface area contributed by atoms with Crippen LogP contribution in [-0.2, 0) is 0 Å². The molecule has 0 bridgehead atoms. The quantitative estimate of drug-likeness (QED) is 0.768. The molecule has 0 unspecified atom stereocenters. The molecule has 2 heteroatoms. The van der Waals surface area contributed by atoms with Crippen molar-refractivity contribution in [2.24, 2.45) is 5.92 Å². The largest absolute Gasteiger partial charge is 0.465 e. The Hall–Kier alpha value is -0.760. The fourth-order valence-electron chi connectivity index (χ4n) is 1.45. The van der Waals surface area contributed by atoms with Crippen LogP contribution in [0.2, 0.25) is 0 Å². The summed E-state index contributed by atoms with van der Waals surface area (Å²) in [4.78, 5) is 0. The van der Waals surface area contributed by atoms with Gasteiger partial charge in [0.05, 0.1) is 6.04 Å². The van der Waals surface area contributed by atoms with Crippen molar-refractivity contribution in [3.05, 3.63) is 23.7 Å². The maximum atomic E-state index is 5.54. The number of hydrogen-bond acceptors (Lipinski definition) is 2. The predicted molar refractivity (Wildman–Crippen MR) is 52.6 cm³/mol. The van der Waals surface area contributed by atoms with E-state index in [9.17, 15) is 0 Å². The van der Waals surface area contributed by atoms with Gasteiger partial charge in [0.25, 0.3) is 0 Å². The summed E-state index contributed by atoms with van der Waals surface area (Å²) < 4.78 is 5.54. The molecule has 1 N–H and O–H groups in total. The number of nitrogens with one attached hydrogen (secondary N) is 1.